The van der Waals surface area contributed by atoms with Crippen molar-refractivity contribution in [3.63, 3.8) is 0 Å². The minimum absolute atomic E-state index is 0.0198. The Labute approximate surface area is 286 Å². The largest absolute Gasteiger partial charge is 0.508 e. The number of hydrogen-bond donors (Lipinski definition) is 4. The van der Waals surface area contributed by atoms with Crippen LogP contribution in [-0.2, 0) is 9.13 Å². The number of phenols is 4. The molecule has 2 aliphatic rings. The zero-order chi connectivity index (χ0) is 34.4. The van der Waals surface area contributed by atoms with E-state index < -0.39 is 14.7 Å². The fourth-order valence-corrected chi connectivity index (χ4v) is 11.7. The van der Waals surface area contributed by atoms with Gasteiger partial charge in [0.25, 0.3) is 0 Å². The maximum absolute atomic E-state index is 15.1. The fraction of sp³-hybridized carbons (Fsp3) is 0. The van der Waals surface area contributed by atoms with E-state index in [4.69, 9.17) is 9.05 Å². The molecule has 50 heavy (non-hydrogen) atoms. The molecule has 10 heteroatoms. The molecule has 4 N–H and O–H groups in total. The molecule has 2 aliphatic heterocycles. The van der Waals surface area contributed by atoms with Crippen LogP contribution in [0.5, 0.6) is 34.5 Å². The van der Waals surface area contributed by atoms with Gasteiger partial charge in [-0.1, -0.05) is 78.9 Å². The number of fused-ring (bicyclic) bond motifs is 7. The summed E-state index contributed by atoms with van der Waals surface area (Å²) in [6.07, 6.45) is 0. The maximum Gasteiger partial charge on any atom is 0.311 e. The number of rotatable bonds is 3. The Hall–Kier alpha value is -5.94. The van der Waals surface area contributed by atoms with Crippen molar-refractivity contribution in [1.82, 2.24) is 0 Å². The number of hydrogen-bond acceptors (Lipinski definition) is 8. The van der Waals surface area contributed by atoms with Crippen LogP contribution in [0, 0.1) is 0 Å². The molecule has 2 atom stereocenters. The van der Waals surface area contributed by atoms with Gasteiger partial charge >= 0.3 is 14.7 Å². The molecule has 0 fully saturated rings. The van der Waals surface area contributed by atoms with Crippen molar-refractivity contribution >= 4 is 46.7 Å². The first-order valence-electron chi connectivity index (χ1n) is 15.7. The first kappa shape index (κ1) is 30.1. The molecule has 0 amide bonds. The molecule has 7 aromatic carbocycles. The molecule has 0 saturated heterocycles. The van der Waals surface area contributed by atoms with E-state index in [0.717, 1.165) is 5.56 Å². The molecule has 0 aromatic heterocycles. The van der Waals surface area contributed by atoms with Gasteiger partial charge in [-0.05, 0) is 76.9 Å². The topological polar surface area (TPSA) is 134 Å². The van der Waals surface area contributed by atoms with Crippen molar-refractivity contribution in [2.24, 2.45) is 0 Å². The molecule has 7 aromatic rings. The quantitative estimate of drug-likeness (QED) is 0.108. The lowest BCUT2D eigenvalue weighted by Crippen LogP contribution is -2.26. The second-order valence-electron chi connectivity index (χ2n) is 12.2. The summed E-state index contributed by atoms with van der Waals surface area (Å²) in [7, 11) is -8.02. The van der Waals surface area contributed by atoms with Crippen LogP contribution in [0.15, 0.2) is 133 Å². The van der Waals surface area contributed by atoms with Crippen LogP contribution in [0.4, 0.5) is 0 Å². The summed E-state index contributed by atoms with van der Waals surface area (Å²) in [4.78, 5) is 0. The van der Waals surface area contributed by atoms with Crippen molar-refractivity contribution in [2.45, 2.75) is 0 Å². The van der Waals surface area contributed by atoms with Crippen molar-refractivity contribution in [3.05, 3.63) is 133 Å². The zero-order valence-corrected chi connectivity index (χ0v) is 27.8. The molecule has 9 rings (SSSR count). The predicted molar refractivity (Wildman–Crippen MR) is 195 cm³/mol. The molecule has 0 spiro atoms. The van der Waals surface area contributed by atoms with E-state index in [0.29, 0.717) is 60.7 Å². The van der Waals surface area contributed by atoms with E-state index in [1.165, 1.54) is 24.3 Å². The predicted octanol–water partition coefficient (Wildman–Crippen LogP) is 7.91. The Kier molecular flexibility index (Phi) is 6.50. The van der Waals surface area contributed by atoms with Crippen LogP contribution in [-0.4, -0.2) is 20.4 Å². The highest BCUT2D eigenvalue weighted by Crippen LogP contribution is 2.58. The Bertz CT molecular complexity index is 2680. The molecule has 0 saturated carbocycles. The van der Waals surface area contributed by atoms with Crippen LogP contribution in [0.25, 0.3) is 44.2 Å². The smallest absolute Gasteiger partial charge is 0.311 e. The second kappa shape index (κ2) is 10.8. The molecule has 2 heterocycles. The number of phenolic OH excluding ortho intramolecular Hbond substituents is 4. The summed E-state index contributed by atoms with van der Waals surface area (Å²) in [5.74, 6) is -0.138. The van der Waals surface area contributed by atoms with E-state index in [9.17, 15) is 25.0 Å². The maximum atomic E-state index is 15.1. The molecule has 0 aliphatic carbocycles. The summed E-state index contributed by atoms with van der Waals surface area (Å²) in [6, 6.07) is 37.2. The van der Waals surface area contributed by atoms with E-state index in [-0.39, 0.29) is 33.6 Å². The lowest BCUT2D eigenvalue weighted by molar-refractivity contribution is 0.459. The fourth-order valence-electron chi connectivity index (χ4n) is 6.94. The van der Waals surface area contributed by atoms with Gasteiger partial charge < -0.3 is 29.5 Å². The van der Waals surface area contributed by atoms with Crippen LogP contribution < -0.4 is 30.3 Å². The van der Waals surface area contributed by atoms with Gasteiger partial charge in [0.15, 0.2) is 0 Å². The Morgan fingerprint density at radius 3 is 1.84 bits per heavy atom. The minimum Gasteiger partial charge on any atom is -0.508 e. The number of aromatic hydroxyl groups is 4. The third-order valence-electron chi connectivity index (χ3n) is 9.34. The highest BCUT2D eigenvalue weighted by atomic mass is 31.2. The summed E-state index contributed by atoms with van der Waals surface area (Å²) < 4.78 is 42.7. The average Bonchev–Trinajstić information content (AvgIpc) is 3.14. The van der Waals surface area contributed by atoms with Crippen molar-refractivity contribution < 1.29 is 38.6 Å². The minimum atomic E-state index is -4.02. The van der Waals surface area contributed by atoms with Crippen molar-refractivity contribution in [1.29, 1.82) is 0 Å². The van der Waals surface area contributed by atoms with Crippen LogP contribution >= 0.6 is 14.7 Å². The summed E-state index contributed by atoms with van der Waals surface area (Å²) >= 11 is 0. The zero-order valence-electron chi connectivity index (χ0n) is 26.0. The van der Waals surface area contributed by atoms with E-state index in [2.05, 4.69) is 0 Å². The van der Waals surface area contributed by atoms with Crippen LogP contribution in [0.1, 0.15) is 0 Å². The Morgan fingerprint density at radius 1 is 0.420 bits per heavy atom. The van der Waals surface area contributed by atoms with Gasteiger partial charge in [0.05, 0.1) is 21.2 Å². The summed E-state index contributed by atoms with van der Waals surface area (Å²) in [5.41, 5.74) is 4.01. The van der Waals surface area contributed by atoms with Crippen LogP contribution in [0.3, 0.4) is 0 Å². The SMILES string of the molecule is O=P1(c2cc(O)ccc2O)Oc2ccccc2-c2ccc(-c3ccc4c(c3)OP(=O)(c3cc(O)c5ccccc5c3O)c3ccccc3-4)cc21. The Balaban J connectivity index is 1.22. The van der Waals surface area contributed by atoms with Gasteiger partial charge in [0.2, 0.25) is 0 Å². The normalized spacial score (nSPS) is 18.6. The first-order valence-corrected chi connectivity index (χ1v) is 19.0. The lowest BCUT2D eigenvalue weighted by Gasteiger charge is -2.30. The first-order chi connectivity index (χ1) is 24.2. The Morgan fingerprint density at radius 2 is 1.02 bits per heavy atom. The molecule has 244 valence electrons. The molecular weight excluding hydrogens is 670 g/mol. The van der Waals surface area contributed by atoms with Gasteiger partial charge in [0.1, 0.15) is 34.5 Å². The van der Waals surface area contributed by atoms with Gasteiger partial charge in [-0.25, -0.2) is 0 Å². The highest BCUT2D eigenvalue weighted by molar-refractivity contribution is 7.75. The van der Waals surface area contributed by atoms with Gasteiger partial charge in [-0.3, -0.25) is 9.13 Å². The van der Waals surface area contributed by atoms with Gasteiger partial charge in [0, 0.05) is 21.9 Å². The third kappa shape index (κ3) is 4.32. The third-order valence-corrected chi connectivity index (χ3v) is 14.2. The molecule has 0 bridgehead atoms. The van der Waals surface area contributed by atoms with E-state index >= 15 is 4.57 Å². The highest BCUT2D eigenvalue weighted by Gasteiger charge is 2.42. The monoisotopic (exact) mass is 696 g/mol. The summed E-state index contributed by atoms with van der Waals surface area (Å²) in [6.45, 7) is 0. The standard InChI is InChI=1S/C40H26O8P2/c41-25-15-18-32(42)38(21-25)50(46)37-20-24(14-17-30(37)27-8-3-5-11-34(27)47-50)23-13-16-28-29-9-4-6-12-36(29)49(45,48-35(28)19-23)39-22-33(43)26-7-1-2-10-31(26)40(39)44/h1-22,41-44H. The molecule has 0 radical (unpaired) electrons. The van der Waals surface area contributed by atoms with Gasteiger partial charge in [-0.2, -0.15) is 0 Å². The second-order valence-corrected chi connectivity index (χ2v) is 16.7. The molecule has 2 unspecified atom stereocenters. The van der Waals surface area contributed by atoms with E-state index in [1.54, 1.807) is 60.7 Å². The van der Waals surface area contributed by atoms with Crippen molar-refractivity contribution in [2.75, 3.05) is 0 Å². The van der Waals surface area contributed by atoms with Crippen LogP contribution in [0.2, 0.25) is 0 Å². The average molecular weight is 697 g/mol. The summed E-state index contributed by atoms with van der Waals surface area (Å²) in [5, 5.41) is 44.9. The molecule has 8 nitrogen and oxygen atoms in total. The lowest BCUT2D eigenvalue weighted by atomic mass is 9.97. The molecular formula is C40H26O8P2. The number of benzene rings is 7. The van der Waals surface area contributed by atoms with Crippen molar-refractivity contribution in [3.8, 4) is 67.9 Å². The number of para-hydroxylation sites is 1. The van der Waals surface area contributed by atoms with E-state index in [1.807, 2.05) is 48.5 Å². The van der Waals surface area contributed by atoms with Gasteiger partial charge in [-0.15, -0.1) is 0 Å².